The quantitative estimate of drug-likeness (QED) is 0.308. The molecule has 8 heteroatoms. The van der Waals surface area contributed by atoms with E-state index in [0.29, 0.717) is 5.92 Å². The van der Waals surface area contributed by atoms with E-state index in [-0.39, 0.29) is 17.9 Å². The van der Waals surface area contributed by atoms with E-state index in [1.807, 2.05) is 42.7 Å². The van der Waals surface area contributed by atoms with Gasteiger partial charge in [-0.2, -0.15) is 5.26 Å². The normalized spacial score (nSPS) is 22.7. The summed E-state index contributed by atoms with van der Waals surface area (Å²) < 4.78 is 4.94. The number of anilines is 1. The van der Waals surface area contributed by atoms with Crippen molar-refractivity contribution in [2.24, 2.45) is 17.8 Å². The molecule has 0 radical (unpaired) electrons. The Balaban J connectivity index is 1.05. The van der Waals surface area contributed by atoms with Crippen LogP contribution in [0.4, 0.5) is 10.5 Å². The Morgan fingerprint density at radius 3 is 2.37 bits per heavy atom. The maximum atomic E-state index is 12.2. The van der Waals surface area contributed by atoms with Crippen LogP contribution in [0.5, 0.6) is 0 Å². The summed E-state index contributed by atoms with van der Waals surface area (Å²) in [4.78, 5) is 23.8. The van der Waals surface area contributed by atoms with E-state index in [1.54, 1.807) is 11.8 Å². The third-order valence-corrected chi connectivity index (χ3v) is 10.8. The molecule has 0 spiro atoms. The van der Waals surface area contributed by atoms with Crippen molar-refractivity contribution >= 4 is 23.5 Å². The van der Waals surface area contributed by atoms with E-state index >= 15 is 0 Å². The molecule has 43 heavy (non-hydrogen) atoms. The molecule has 224 valence electrons. The SMILES string of the molecule is COC(=O)NC1CCCC1C(C#N)(c1ccccc1)C1CCN(CC2CN(c3ccc(Sc4ccncc4)cc3)C2)CC1. The number of amides is 1. The van der Waals surface area contributed by atoms with Gasteiger partial charge in [-0.15, -0.1) is 0 Å². The second-order valence-electron chi connectivity index (χ2n) is 12.3. The third-order valence-electron chi connectivity index (χ3n) is 9.82. The first-order chi connectivity index (χ1) is 21.1. The summed E-state index contributed by atoms with van der Waals surface area (Å²) in [5.74, 6) is 0.994. The number of aromatic nitrogens is 1. The zero-order valence-electron chi connectivity index (χ0n) is 24.9. The van der Waals surface area contributed by atoms with E-state index in [4.69, 9.17) is 4.74 Å². The molecule has 0 bridgehead atoms. The number of methoxy groups -OCH3 is 1. The average Bonchev–Trinajstić information content (AvgIpc) is 3.50. The van der Waals surface area contributed by atoms with Gasteiger partial charge in [0.05, 0.1) is 18.6 Å². The largest absolute Gasteiger partial charge is 0.453 e. The van der Waals surface area contributed by atoms with E-state index in [2.05, 4.69) is 62.6 Å². The van der Waals surface area contributed by atoms with Gasteiger partial charge in [-0.25, -0.2) is 4.79 Å². The highest BCUT2D eigenvalue weighted by molar-refractivity contribution is 7.99. The summed E-state index contributed by atoms with van der Waals surface area (Å²) in [6.45, 7) is 5.32. The summed E-state index contributed by atoms with van der Waals surface area (Å²) in [6, 6.07) is 26.1. The van der Waals surface area contributed by atoms with Gasteiger partial charge in [0.25, 0.3) is 0 Å². The molecule has 1 N–H and O–H groups in total. The first kappa shape index (κ1) is 29.5. The van der Waals surface area contributed by atoms with Crippen molar-refractivity contribution in [3.05, 3.63) is 84.7 Å². The maximum Gasteiger partial charge on any atom is 0.407 e. The smallest absolute Gasteiger partial charge is 0.407 e. The van der Waals surface area contributed by atoms with Crippen molar-refractivity contribution in [1.29, 1.82) is 5.26 Å². The van der Waals surface area contributed by atoms with Crippen molar-refractivity contribution in [2.75, 3.05) is 44.7 Å². The summed E-state index contributed by atoms with van der Waals surface area (Å²) >= 11 is 1.76. The fourth-order valence-corrected chi connectivity index (χ4v) is 8.50. The maximum absolute atomic E-state index is 12.2. The number of ether oxygens (including phenoxy) is 1. The van der Waals surface area contributed by atoms with Crippen molar-refractivity contribution in [3.8, 4) is 6.07 Å². The molecule has 1 aliphatic carbocycles. The fourth-order valence-electron chi connectivity index (χ4n) is 7.69. The number of benzene rings is 2. The number of rotatable bonds is 9. The number of piperidine rings is 1. The van der Waals surface area contributed by atoms with Gasteiger partial charge in [-0.05, 0) is 86.7 Å². The topological polar surface area (TPSA) is 81.5 Å². The van der Waals surface area contributed by atoms with Crippen LogP contribution in [0.3, 0.4) is 0 Å². The molecule has 3 aliphatic rings. The molecule has 3 fully saturated rings. The molecule has 2 saturated heterocycles. The molecule has 6 rings (SSSR count). The summed E-state index contributed by atoms with van der Waals surface area (Å²) in [5.41, 5.74) is 1.77. The third kappa shape index (κ3) is 6.39. The molecular weight excluding hydrogens is 554 g/mol. The molecule has 3 unspecified atom stereocenters. The van der Waals surface area contributed by atoms with Crippen molar-refractivity contribution < 1.29 is 9.53 Å². The van der Waals surface area contributed by atoms with Crippen LogP contribution in [0, 0.1) is 29.1 Å². The van der Waals surface area contributed by atoms with Crippen LogP contribution in [0.15, 0.2) is 88.9 Å². The molecule has 3 heterocycles. The van der Waals surface area contributed by atoms with Crippen LogP contribution in [0.2, 0.25) is 0 Å². The highest BCUT2D eigenvalue weighted by Gasteiger charge is 2.52. The summed E-state index contributed by atoms with van der Waals surface area (Å²) in [5, 5.41) is 14.0. The zero-order valence-corrected chi connectivity index (χ0v) is 25.7. The zero-order chi connectivity index (χ0) is 29.6. The number of hydrogen-bond acceptors (Lipinski definition) is 7. The second kappa shape index (κ2) is 13.4. The molecule has 3 aromatic rings. The predicted molar refractivity (Wildman–Crippen MR) is 170 cm³/mol. The Kier molecular flexibility index (Phi) is 9.20. The van der Waals surface area contributed by atoms with Crippen LogP contribution >= 0.6 is 11.8 Å². The van der Waals surface area contributed by atoms with Crippen LogP contribution in [0.1, 0.15) is 37.7 Å². The number of carbonyl (C=O) groups is 1. The lowest BCUT2D eigenvalue weighted by molar-refractivity contribution is 0.0939. The molecule has 1 aromatic heterocycles. The molecule has 7 nitrogen and oxygen atoms in total. The molecule has 3 atom stereocenters. The lowest BCUT2D eigenvalue weighted by Crippen LogP contribution is -2.55. The number of likely N-dealkylation sites (tertiary alicyclic amines) is 1. The lowest BCUT2D eigenvalue weighted by Gasteiger charge is -2.48. The second-order valence-corrected chi connectivity index (χ2v) is 13.4. The van der Waals surface area contributed by atoms with Crippen LogP contribution in [-0.4, -0.2) is 61.9 Å². The Morgan fingerprint density at radius 2 is 1.70 bits per heavy atom. The number of nitriles is 1. The monoisotopic (exact) mass is 595 g/mol. The van der Waals surface area contributed by atoms with E-state index in [9.17, 15) is 10.1 Å². The number of alkyl carbamates (subject to hydrolysis) is 1. The Bertz CT molecular complexity index is 1390. The van der Waals surface area contributed by atoms with Gasteiger partial charge >= 0.3 is 6.09 Å². The van der Waals surface area contributed by atoms with E-state index in [0.717, 1.165) is 70.4 Å². The van der Waals surface area contributed by atoms with Gasteiger partial charge in [0.1, 0.15) is 0 Å². The lowest BCUT2D eigenvalue weighted by atomic mass is 9.59. The highest BCUT2D eigenvalue weighted by Crippen LogP contribution is 2.50. The van der Waals surface area contributed by atoms with Crippen molar-refractivity contribution in [1.82, 2.24) is 15.2 Å². The minimum absolute atomic E-state index is 0.0467. The van der Waals surface area contributed by atoms with Gasteiger partial charge < -0.3 is 19.9 Å². The Morgan fingerprint density at radius 1 is 1.00 bits per heavy atom. The molecule has 1 amide bonds. The molecule has 2 aliphatic heterocycles. The minimum Gasteiger partial charge on any atom is -0.453 e. The van der Waals surface area contributed by atoms with Crippen molar-refractivity contribution in [3.63, 3.8) is 0 Å². The fraction of sp³-hybridized carbons (Fsp3) is 0.457. The van der Waals surface area contributed by atoms with Crippen LogP contribution < -0.4 is 10.2 Å². The first-order valence-corrected chi connectivity index (χ1v) is 16.4. The van der Waals surface area contributed by atoms with Crippen LogP contribution in [0.25, 0.3) is 0 Å². The highest BCUT2D eigenvalue weighted by atomic mass is 32.2. The van der Waals surface area contributed by atoms with Crippen molar-refractivity contribution in [2.45, 2.75) is 53.4 Å². The first-order valence-electron chi connectivity index (χ1n) is 15.6. The number of hydrogen-bond donors (Lipinski definition) is 1. The number of pyridine rings is 1. The molecular formula is C35H41N5O2S. The number of nitrogens with one attached hydrogen (secondary N) is 1. The molecule has 2 aromatic carbocycles. The van der Waals surface area contributed by atoms with Gasteiger partial charge in [0.15, 0.2) is 0 Å². The standard InChI is InChI=1S/C35H41N5O2S/c1-42-34(41)38-33-9-5-8-32(33)35(25-36,27-6-3-2-4-7-27)28-16-20-39(21-17-28)22-26-23-40(24-26)29-10-12-30(13-11-29)43-31-14-18-37-19-15-31/h2-4,6-7,10-15,18-19,26,28,32-33H,5,8-9,16-17,20-24H2,1H3,(H,38,41). The van der Waals surface area contributed by atoms with Crippen LogP contribution in [-0.2, 0) is 10.2 Å². The summed E-state index contributed by atoms with van der Waals surface area (Å²) in [6.07, 6.45) is 8.10. The minimum atomic E-state index is -0.620. The Labute approximate surface area is 259 Å². The number of carbonyl (C=O) groups excluding carboxylic acids is 1. The summed E-state index contributed by atoms with van der Waals surface area (Å²) in [7, 11) is 1.41. The van der Waals surface area contributed by atoms with Gasteiger partial charge in [0, 0.05) is 65.4 Å². The molecule has 1 saturated carbocycles. The van der Waals surface area contributed by atoms with Gasteiger partial charge in [-0.1, -0.05) is 48.5 Å². The van der Waals surface area contributed by atoms with Gasteiger partial charge in [0.2, 0.25) is 0 Å². The van der Waals surface area contributed by atoms with E-state index in [1.165, 1.54) is 22.6 Å². The van der Waals surface area contributed by atoms with Gasteiger partial charge in [-0.3, -0.25) is 4.98 Å². The predicted octanol–water partition coefficient (Wildman–Crippen LogP) is 6.37. The Hall–Kier alpha value is -3.54. The average molecular weight is 596 g/mol. The number of nitrogens with zero attached hydrogens (tertiary/aromatic N) is 4. The van der Waals surface area contributed by atoms with E-state index < -0.39 is 11.5 Å².